The molecule has 4 rings (SSSR count). The van der Waals surface area contributed by atoms with Gasteiger partial charge in [0.1, 0.15) is 12.7 Å². The SMILES string of the molecule is Cc1ccc(-c2csc(=Nc3ccccc3)n2-n2cnnc2)cc1. The third-order valence-electron chi connectivity index (χ3n) is 3.65. The van der Waals surface area contributed by atoms with Gasteiger partial charge in [-0.1, -0.05) is 48.0 Å². The molecular formula is C18H15N5S. The fraction of sp³-hybridized carbons (Fsp3) is 0.0556. The van der Waals surface area contributed by atoms with Crippen LogP contribution in [0.1, 0.15) is 5.56 Å². The normalized spacial score (nSPS) is 11.8. The van der Waals surface area contributed by atoms with Crippen LogP contribution in [0.5, 0.6) is 0 Å². The molecule has 0 amide bonds. The van der Waals surface area contributed by atoms with E-state index in [4.69, 9.17) is 4.99 Å². The molecule has 0 aliphatic rings. The molecule has 2 aromatic carbocycles. The zero-order valence-corrected chi connectivity index (χ0v) is 13.9. The Morgan fingerprint density at radius 2 is 1.62 bits per heavy atom. The number of hydrogen-bond acceptors (Lipinski definition) is 4. The molecule has 0 atom stereocenters. The van der Waals surface area contributed by atoms with Crippen LogP contribution < -0.4 is 4.80 Å². The molecular weight excluding hydrogens is 318 g/mol. The Bertz CT molecular complexity index is 996. The van der Waals surface area contributed by atoms with Gasteiger partial charge in [-0.2, -0.15) is 0 Å². The molecule has 0 N–H and O–H groups in total. The minimum absolute atomic E-state index is 0.858. The molecule has 2 heterocycles. The Morgan fingerprint density at radius 1 is 0.917 bits per heavy atom. The molecule has 24 heavy (non-hydrogen) atoms. The molecule has 0 fully saturated rings. The lowest BCUT2D eigenvalue weighted by Crippen LogP contribution is -2.21. The highest BCUT2D eigenvalue weighted by molar-refractivity contribution is 7.07. The fourth-order valence-corrected chi connectivity index (χ4v) is 3.34. The van der Waals surface area contributed by atoms with E-state index in [0.717, 1.165) is 21.7 Å². The summed E-state index contributed by atoms with van der Waals surface area (Å²) in [5.74, 6) is 0. The smallest absolute Gasteiger partial charge is 0.210 e. The van der Waals surface area contributed by atoms with Gasteiger partial charge in [-0.3, -0.25) is 0 Å². The van der Waals surface area contributed by atoms with Crippen LogP contribution in [0.2, 0.25) is 0 Å². The number of rotatable bonds is 3. The van der Waals surface area contributed by atoms with Crippen molar-refractivity contribution >= 4 is 17.0 Å². The summed E-state index contributed by atoms with van der Waals surface area (Å²) in [5, 5.41) is 9.96. The lowest BCUT2D eigenvalue weighted by molar-refractivity contribution is 0.642. The molecule has 2 aromatic heterocycles. The van der Waals surface area contributed by atoms with E-state index >= 15 is 0 Å². The molecule has 0 bridgehead atoms. The maximum atomic E-state index is 4.77. The van der Waals surface area contributed by atoms with Crippen molar-refractivity contribution in [2.24, 2.45) is 4.99 Å². The monoisotopic (exact) mass is 333 g/mol. The number of nitrogens with zero attached hydrogens (tertiary/aromatic N) is 5. The third-order valence-corrected chi connectivity index (χ3v) is 4.47. The van der Waals surface area contributed by atoms with Crippen LogP contribution in [0, 0.1) is 6.92 Å². The molecule has 0 aliphatic carbocycles. The van der Waals surface area contributed by atoms with E-state index in [1.165, 1.54) is 5.56 Å². The van der Waals surface area contributed by atoms with Crippen LogP contribution in [0.15, 0.2) is 77.6 Å². The summed E-state index contributed by atoms with van der Waals surface area (Å²) in [6.07, 6.45) is 3.35. The minimum atomic E-state index is 0.858. The van der Waals surface area contributed by atoms with Crippen molar-refractivity contribution in [1.29, 1.82) is 0 Å². The van der Waals surface area contributed by atoms with Crippen LogP contribution in [-0.2, 0) is 0 Å². The summed E-state index contributed by atoms with van der Waals surface area (Å²) in [4.78, 5) is 5.62. The van der Waals surface area contributed by atoms with E-state index in [1.54, 1.807) is 24.0 Å². The molecule has 0 unspecified atom stereocenters. The molecule has 5 nitrogen and oxygen atoms in total. The molecule has 0 saturated carbocycles. The zero-order chi connectivity index (χ0) is 16.4. The number of benzene rings is 2. The van der Waals surface area contributed by atoms with Gasteiger partial charge in [-0.25, -0.2) is 14.3 Å². The van der Waals surface area contributed by atoms with E-state index in [0.29, 0.717) is 0 Å². The van der Waals surface area contributed by atoms with Crippen LogP contribution in [-0.4, -0.2) is 19.5 Å². The third kappa shape index (κ3) is 2.79. The number of hydrogen-bond donors (Lipinski definition) is 0. The van der Waals surface area contributed by atoms with E-state index in [1.807, 2.05) is 39.7 Å². The van der Waals surface area contributed by atoms with Gasteiger partial charge in [-0.15, -0.1) is 21.5 Å². The number of para-hydroxylation sites is 1. The molecule has 0 aliphatic heterocycles. The second kappa shape index (κ2) is 6.25. The van der Waals surface area contributed by atoms with Crippen molar-refractivity contribution < 1.29 is 0 Å². The average molecular weight is 333 g/mol. The molecule has 0 spiro atoms. The van der Waals surface area contributed by atoms with Crippen molar-refractivity contribution in [2.45, 2.75) is 6.92 Å². The van der Waals surface area contributed by atoms with Gasteiger partial charge >= 0.3 is 0 Å². The van der Waals surface area contributed by atoms with Crippen molar-refractivity contribution in [1.82, 2.24) is 19.5 Å². The second-order valence-corrected chi connectivity index (χ2v) is 6.21. The molecule has 0 saturated heterocycles. The van der Waals surface area contributed by atoms with Crippen molar-refractivity contribution in [3.63, 3.8) is 0 Å². The summed E-state index contributed by atoms with van der Waals surface area (Å²) in [6.45, 7) is 2.08. The highest BCUT2D eigenvalue weighted by atomic mass is 32.1. The predicted octanol–water partition coefficient (Wildman–Crippen LogP) is 3.66. The molecule has 6 heteroatoms. The summed E-state index contributed by atoms with van der Waals surface area (Å²) in [7, 11) is 0. The highest BCUT2D eigenvalue weighted by Gasteiger charge is 2.10. The standard InChI is InChI=1S/C18H15N5S/c1-14-7-9-15(10-8-14)17-11-24-18(21-16-5-3-2-4-6-16)23(17)22-12-19-20-13-22/h2-13H,1H3. The van der Waals surface area contributed by atoms with Gasteiger partial charge < -0.3 is 0 Å². The maximum absolute atomic E-state index is 4.77. The topological polar surface area (TPSA) is 48.0 Å². The van der Waals surface area contributed by atoms with E-state index < -0.39 is 0 Å². The largest absolute Gasteiger partial charge is 0.221 e. The Balaban J connectivity index is 1.93. The van der Waals surface area contributed by atoms with Crippen LogP contribution in [0.25, 0.3) is 11.3 Å². The van der Waals surface area contributed by atoms with Crippen LogP contribution >= 0.6 is 11.3 Å². The molecule has 4 aromatic rings. The number of thiazole rings is 1. The lowest BCUT2D eigenvalue weighted by atomic mass is 10.1. The fourth-order valence-electron chi connectivity index (χ4n) is 2.43. The van der Waals surface area contributed by atoms with Crippen molar-refractivity contribution in [3.05, 3.63) is 83.0 Å². The second-order valence-electron chi connectivity index (χ2n) is 5.37. The Labute approximate surface area is 143 Å². The highest BCUT2D eigenvalue weighted by Crippen LogP contribution is 2.21. The summed E-state index contributed by atoms with van der Waals surface area (Å²) in [5.41, 5.74) is 4.32. The van der Waals surface area contributed by atoms with Gasteiger partial charge in [0.25, 0.3) is 0 Å². The molecule has 0 radical (unpaired) electrons. The first-order chi connectivity index (χ1) is 11.8. The Kier molecular flexibility index (Phi) is 3.80. The number of aryl methyl sites for hydroxylation is 1. The van der Waals surface area contributed by atoms with Gasteiger partial charge in [0.2, 0.25) is 4.80 Å². The van der Waals surface area contributed by atoms with Gasteiger partial charge in [0, 0.05) is 10.9 Å². The molecule has 118 valence electrons. The average Bonchev–Trinajstić information content (AvgIpc) is 3.26. The summed E-state index contributed by atoms with van der Waals surface area (Å²) >= 11 is 1.59. The quantitative estimate of drug-likeness (QED) is 0.574. The lowest BCUT2D eigenvalue weighted by Gasteiger charge is -2.09. The Morgan fingerprint density at radius 3 is 2.33 bits per heavy atom. The number of aromatic nitrogens is 4. The van der Waals surface area contributed by atoms with Gasteiger partial charge in [0.05, 0.1) is 11.4 Å². The van der Waals surface area contributed by atoms with E-state index in [-0.39, 0.29) is 0 Å². The van der Waals surface area contributed by atoms with Gasteiger partial charge in [0.15, 0.2) is 0 Å². The predicted molar refractivity (Wildman–Crippen MR) is 95.0 cm³/mol. The van der Waals surface area contributed by atoms with E-state index in [2.05, 4.69) is 46.8 Å². The summed E-state index contributed by atoms with van der Waals surface area (Å²) in [6, 6.07) is 18.4. The zero-order valence-electron chi connectivity index (χ0n) is 13.1. The van der Waals surface area contributed by atoms with E-state index in [9.17, 15) is 0 Å². The first kappa shape index (κ1) is 14.6. The van der Waals surface area contributed by atoms with Crippen LogP contribution in [0.4, 0.5) is 5.69 Å². The first-order valence-electron chi connectivity index (χ1n) is 7.54. The summed E-state index contributed by atoms with van der Waals surface area (Å²) < 4.78 is 3.86. The minimum Gasteiger partial charge on any atom is -0.221 e. The maximum Gasteiger partial charge on any atom is 0.210 e. The van der Waals surface area contributed by atoms with Gasteiger partial charge in [-0.05, 0) is 19.1 Å². The Hall–Kier alpha value is -2.99. The van der Waals surface area contributed by atoms with Crippen molar-refractivity contribution in [2.75, 3.05) is 0 Å². The van der Waals surface area contributed by atoms with Crippen LogP contribution in [0.3, 0.4) is 0 Å². The van der Waals surface area contributed by atoms with Crippen molar-refractivity contribution in [3.8, 4) is 11.3 Å². The first-order valence-corrected chi connectivity index (χ1v) is 8.42.